The molecule has 0 bridgehead atoms. The van der Waals surface area contributed by atoms with Gasteiger partial charge in [0.15, 0.2) is 6.10 Å². The molecule has 0 aliphatic heterocycles. The van der Waals surface area contributed by atoms with E-state index in [9.17, 15) is 4.79 Å². The number of nitrogens with one attached hydrogen (secondary N) is 1. The Morgan fingerprint density at radius 1 is 1.19 bits per heavy atom. The second-order valence-corrected chi connectivity index (χ2v) is 8.22. The van der Waals surface area contributed by atoms with E-state index in [1.54, 1.807) is 17.8 Å². The minimum Gasteiger partial charge on any atom is -0.480 e. The average Bonchev–Trinajstić information content (AvgIpc) is 2.65. The van der Waals surface area contributed by atoms with Crippen molar-refractivity contribution in [1.29, 1.82) is 0 Å². The third-order valence-electron chi connectivity index (χ3n) is 4.29. The summed E-state index contributed by atoms with van der Waals surface area (Å²) < 4.78 is 5.94. The van der Waals surface area contributed by atoms with Crippen molar-refractivity contribution in [2.45, 2.75) is 39.0 Å². The zero-order valence-corrected chi connectivity index (χ0v) is 18.2. The van der Waals surface area contributed by atoms with Crippen LogP contribution in [0.2, 0.25) is 10.0 Å². The van der Waals surface area contributed by atoms with Crippen molar-refractivity contribution in [2.75, 3.05) is 12.3 Å². The van der Waals surface area contributed by atoms with Crippen LogP contribution in [0.25, 0.3) is 0 Å². The Morgan fingerprint density at radius 3 is 2.67 bits per heavy atom. The highest BCUT2D eigenvalue weighted by Gasteiger charge is 2.18. The van der Waals surface area contributed by atoms with E-state index in [1.165, 1.54) is 0 Å². The van der Waals surface area contributed by atoms with Crippen LogP contribution < -0.4 is 10.1 Å². The van der Waals surface area contributed by atoms with Gasteiger partial charge in [0.05, 0.1) is 10.0 Å². The van der Waals surface area contributed by atoms with Crippen LogP contribution in [0.1, 0.15) is 30.0 Å². The fourth-order valence-electron chi connectivity index (χ4n) is 2.51. The number of aryl methyl sites for hydroxylation is 1. The van der Waals surface area contributed by atoms with Crippen LogP contribution >= 0.6 is 35.0 Å². The van der Waals surface area contributed by atoms with Gasteiger partial charge in [-0.15, -0.1) is 0 Å². The van der Waals surface area contributed by atoms with Crippen molar-refractivity contribution < 1.29 is 9.53 Å². The van der Waals surface area contributed by atoms with E-state index in [0.717, 1.165) is 33.9 Å². The Labute approximate surface area is 175 Å². The molecule has 1 amide bonds. The molecule has 2 aromatic rings. The van der Waals surface area contributed by atoms with E-state index in [2.05, 4.69) is 5.32 Å². The van der Waals surface area contributed by atoms with E-state index in [0.29, 0.717) is 23.0 Å². The largest absolute Gasteiger partial charge is 0.480 e. The number of ether oxygens (including phenoxy) is 1. The molecule has 0 aromatic heterocycles. The summed E-state index contributed by atoms with van der Waals surface area (Å²) in [6, 6.07) is 11.5. The van der Waals surface area contributed by atoms with Gasteiger partial charge in [0.2, 0.25) is 0 Å². The van der Waals surface area contributed by atoms with E-state index in [4.69, 9.17) is 27.9 Å². The molecule has 2 aromatic carbocycles. The number of hydrogen-bond donors (Lipinski definition) is 1. The molecule has 0 radical (unpaired) electrons. The van der Waals surface area contributed by atoms with Crippen molar-refractivity contribution in [3.63, 3.8) is 0 Å². The van der Waals surface area contributed by atoms with Crippen molar-refractivity contribution in [3.05, 3.63) is 63.1 Å². The van der Waals surface area contributed by atoms with Gasteiger partial charge in [0.25, 0.3) is 5.91 Å². The van der Waals surface area contributed by atoms with Crippen LogP contribution in [-0.2, 0) is 10.5 Å². The Kier molecular flexibility index (Phi) is 8.81. The summed E-state index contributed by atoms with van der Waals surface area (Å²) in [5.74, 6) is 2.33. The molecule has 0 spiro atoms. The van der Waals surface area contributed by atoms with Crippen LogP contribution in [-0.4, -0.2) is 24.3 Å². The third kappa shape index (κ3) is 6.63. The molecule has 0 aliphatic carbocycles. The number of rotatable bonds is 9. The Balaban J connectivity index is 1.76. The lowest BCUT2D eigenvalue weighted by molar-refractivity contribution is -0.128. The number of benzene rings is 2. The average molecular weight is 426 g/mol. The van der Waals surface area contributed by atoms with Gasteiger partial charge in [0.1, 0.15) is 5.75 Å². The zero-order valence-electron chi connectivity index (χ0n) is 15.9. The van der Waals surface area contributed by atoms with Crippen molar-refractivity contribution in [3.8, 4) is 5.75 Å². The van der Waals surface area contributed by atoms with Crippen LogP contribution in [0.4, 0.5) is 0 Å². The zero-order chi connectivity index (χ0) is 19.8. The van der Waals surface area contributed by atoms with Crippen molar-refractivity contribution >= 4 is 40.9 Å². The number of amides is 1. The molecule has 2 rings (SSSR count). The van der Waals surface area contributed by atoms with E-state index < -0.39 is 6.10 Å². The maximum absolute atomic E-state index is 12.4. The maximum Gasteiger partial charge on any atom is 0.261 e. The number of hydrogen-bond acceptors (Lipinski definition) is 3. The molecule has 0 saturated heterocycles. The number of halogens is 2. The Hall–Kier alpha value is -1.36. The second-order valence-electron chi connectivity index (χ2n) is 6.30. The molecule has 0 aliphatic rings. The molecule has 0 saturated carbocycles. The minimum atomic E-state index is -0.481. The van der Waals surface area contributed by atoms with Gasteiger partial charge in [-0.2, -0.15) is 11.8 Å². The summed E-state index contributed by atoms with van der Waals surface area (Å²) in [5, 5.41) is 4.09. The number of carbonyl (C=O) groups excluding carboxylic acids is 1. The van der Waals surface area contributed by atoms with E-state index in [1.807, 2.05) is 51.1 Å². The SMILES string of the molecule is CC[C@@H](Oc1cccc(C)c1C)C(=O)NCCSCc1ccc(Cl)c(Cl)c1. The van der Waals surface area contributed by atoms with E-state index in [-0.39, 0.29) is 5.91 Å². The lowest BCUT2D eigenvalue weighted by atomic mass is 10.1. The lowest BCUT2D eigenvalue weighted by Crippen LogP contribution is -2.39. The van der Waals surface area contributed by atoms with Crippen LogP contribution in [0.15, 0.2) is 36.4 Å². The first-order chi connectivity index (χ1) is 12.9. The predicted molar refractivity (Wildman–Crippen MR) is 116 cm³/mol. The summed E-state index contributed by atoms with van der Waals surface area (Å²) in [6.07, 6.45) is 0.140. The highest BCUT2D eigenvalue weighted by molar-refractivity contribution is 7.98. The fourth-order valence-corrected chi connectivity index (χ4v) is 3.63. The molecular formula is C21H25Cl2NO2S. The van der Waals surface area contributed by atoms with Gasteiger partial charge in [-0.05, 0) is 55.2 Å². The summed E-state index contributed by atoms with van der Waals surface area (Å²) in [7, 11) is 0. The maximum atomic E-state index is 12.4. The molecule has 27 heavy (non-hydrogen) atoms. The highest BCUT2D eigenvalue weighted by Crippen LogP contribution is 2.25. The van der Waals surface area contributed by atoms with Crippen LogP contribution in [0, 0.1) is 13.8 Å². The summed E-state index contributed by atoms with van der Waals surface area (Å²) in [4.78, 5) is 12.4. The van der Waals surface area contributed by atoms with Crippen LogP contribution in [0.3, 0.4) is 0 Å². The number of thioether (sulfide) groups is 1. The molecule has 0 fully saturated rings. The molecule has 1 N–H and O–H groups in total. The standard InChI is InChI=1S/C21H25Cl2NO2S/c1-4-19(26-20-7-5-6-14(2)15(20)3)21(25)24-10-11-27-13-16-8-9-17(22)18(23)12-16/h5-9,12,19H,4,10-11,13H2,1-3H3,(H,24,25)/t19-/m1/s1. The fraction of sp³-hybridized carbons (Fsp3) is 0.381. The Bertz CT molecular complexity index is 783. The predicted octanol–water partition coefficient (Wildman–Crippen LogP) is 5.82. The van der Waals surface area contributed by atoms with Gasteiger partial charge < -0.3 is 10.1 Å². The summed E-state index contributed by atoms with van der Waals surface area (Å²) in [5.41, 5.74) is 3.34. The first-order valence-electron chi connectivity index (χ1n) is 8.94. The molecule has 1 atom stereocenters. The second kappa shape index (κ2) is 10.8. The molecule has 0 heterocycles. The third-order valence-corrected chi connectivity index (χ3v) is 6.06. The quantitative estimate of drug-likeness (QED) is 0.514. The van der Waals surface area contributed by atoms with Crippen molar-refractivity contribution in [1.82, 2.24) is 5.32 Å². The molecule has 6 heteroatoms. The summed E-state index contributed by atoms with van der Waals surface area (Å²) in [6.45, 7) is 6.59. The minimum absolute atomic E-state index is 0.0754. The van der Waals surface area contributed by atoms with Gasteiger partial charge in [-0.3, -0.25) is 4.79 Å². The smallest absolute Gasteiger partial charge is 0.261 e. The highest BCUT2D eigenvalue weighted by atomic mass is 35.5. The molecule has 3 nitrogen and oxygen atoms in total. The van der Waals surface area contributed by atoms with Gasteiger partial charge in [0, 0.05) is 18.1 Å². The molecular weight excluding hydrogens is 401 g/mol. The van der Waals surface area contributed by atoms with Gasteiger partial charge in [-0.25, -0.2) is 0 Å². The van der Waals surface area contributed by atoms with Gasteiger partial charge in [-0.1, -0.05) is 48.3 Å². The Morgan fingerprint density at radius 2 is 1.96 bits per heavy atom. The molecule has 0 unspecified atom stereocenters. The normalized spacial score (nSPS) is 11.9. The van der Waals surface area contributed by atoms with Crippen LogP contribution in [0.5, 0.6) is 5.75 Å². The first kappa shape index (κ1) is 21.9. The molecule has 146 valence electrons. The topological polar surface area (TPSA) is 38.3 Å². The van der Waals surface area contributed by atoms with Crippen molar-refractivity contribution in [2.24, 2.45) is 0 Å². The number of carbonyl (C=O) groups is 1. The summed E-state index contributed by atoms with van der Waals surface area (Å²) >= 11 is 13.7. The lowest BCUT2D eigenvalue weighted by Gasteiger charge is -2.19. The monoisotopic (exact) mass is 425 g/mol. The van der Waals surface area contributed by atoms with E-state index >= 15 is 0 Å². The van der Waals surface area contributed by atoms with Gasteiger partial charge >= 0.3 is 0 Å². The first-order valence-corrected chi connectivity index (χ1v) is 10.9.